The number of aliphatic hydroxyl groups is 1. The minimum atomic E-state index is -0.334. The van der Waals surface area contributed by atoms with Crippen LogP contribution in [0, 0.1) is 0 Å². The predicted molar refractivity (Wildman–Crippen MR) is 29.4 cm³/mol. The molecule has 0 spiro atoms. The lowest BCUT2D eigenvalue weighted by atomic mass is 10.1. The molecule has 0 unspecified atom stereocenters. The van der Waals surface area contributed by atoms with E-state index < -0.39 is 0 Å². The standard InChI is InChI=1S/C5H11NO2/c6-4-1-5(7)3-8-2-4/h4-5,7H,1-3,6H2/t4-,5-/m0/s1. The van der Waals surface area contributed by atoms with E-state index >= 15 is 0 Å². The van der Waals surface area contributed by atoms with Crippen LogP contribution in [0.1, 0.15) is 6.42 Å². The zero-order valence-corrected chi connectivity index (χ0v) is 4.71. The molecule has 0 aliphatic carbocycles. The van der Waals surface area contributed by atoms with E-state index in [1.54, 1.807) is 0 Å². The maximum absolute atomic E-state index is 8.87. The molecule has 1 heterocycles. The first kappa shape index (κ1) is 6.01. The summed E-state index contributed by atoms with van der Waals surface area (Å²) >= 11 is 0. The van der Waals surface area contributed by atoms with Gasteiger partial charge in [0.25, 0.3) is 0 Å². The van der Waals surface area contributed by atoms with Crippen LogP contribution in [0.2, 0.25) is 0 Å². The average Bonchev–Trinajstić information content (AvgIpc) is 1.64. The molecule has 3 nitrogen and oxygen atoms in total. The Kier molecular flexibility index (Phi) is 1.83. The van der Waals surface area contributed by atoms with Crippen molar-refractivity contribution in [3.63, 3.8) is 0 Å². The van der Waals surface area contributed by atoms with Gasteiger partial charge in [0.2, 0.25) is 0 Å². The Morgan fingerprint density at radius 1 is 1.50 bits per heavy atom. The van der Waals surface area contributed by atoms with E-state index in [1.807, 2.05) is 0 Å². The summed E-state index contributed by atoms with van der Waals surface area (Å²) < 4.78 is 4.92. The molecule has 2 atom stereocenters. The van der Waals surface area contributed by atoms with Crippen molar-refractivity contribution in [2.24, 2.45) is 5.73 Å². The van der Waals surface area contributed by atoms with Crippen molar-refractivity contribution in [3.05, 3.63) is 0 Å². The van der Waals surface area contributed by atoms with Crippen molar-refractivity contribution in [1.29, 1.82) is 0 Å². The van der Waals surface area contributed by atoms with Gasteiger partial charge in [-0.3, -0.25) is 0 Å². The number of nitrogens with two attached hydrogens (primary N) is 1. The monoisotopic (exact) mass is 117 g/mol. The highest BCUT2D eigenvalue weighted by Crippen LogP contribution is 2.03. The fourth-order valence-electron chi connectivity index (χ4n) is 0.841. The van der Waals surface area contributed by atoms with E-state index in [-0.39, 0.29) is 12.1 Å². The third-order valence-corrected chi connectivity index (χ3v) is 1.22. The van der Waals surface area contributed by atoms with Crippen LogP contribution in [-0.4, -0.2) is 30.5 Å². The Hall–Kier alpha value is -0.120. The summed E-state index contributed by atoms with van der Waals surface area (Å²) in [6.45, 7) is 1.05. The van der Waals surface area contributed by atoms with Crippen molar-refractivity contribution < 1.29 is 9.84 Å². The van der Waals surface area contributed by atoms with Crippen molar-refractivity contribution in [2.75, 3.05) is 13.2 Å². The average molecular weight is 117 g/mol. The third-order valence-electron chi connectivity index (χ3n) is 1.22. The van der Waals surface area contributed by atoms with Gasteiger partial charge in [-0.05, 0) is 6.42 Å². The Morgan fingerprint density at radius 2 is 2.25 bits per heavy atom. The topological polar surface area (TPSA) is 55.5 Å². The molecule has 0 aromatic rings. The molecule has 1 rings (SSSR count). The Morgan fingerprint density at radius 3 is 2.62 bits per heavy atom. The fraction of sp³-hybridized carbons (Fsp3) is 1.00. The molecule has 1 aliphatic rings. The van der Waals surface area contributed by atoms with Crippen LogP contribution in [0.5, 0.6) is 0 Å². The lowest BCUT2D eigenvalue weighted by Gasteiger charge is -2.22. The van der Waals surface area contributed by atoms with E-state index in [4.69, 9.17) is 15.6 Å². The maximum Gasteiger partial charge on any atom is 0.0789 e. The minimum absolute atomic E-state index is 0.0405. The van der Waals surface area contributed by atoms with Crippen LogP contribution in [-0.2, 0) is 4.74 Å². The number of rotatable bonds is 0. The number of ether oxygens (including phenoxy) is 1. The number of hydrogen-bond donors (Lipinski definition) is 2. The smallest absolute Gasteiger partial charge is 0.0789 e. The molecule has 0 aromatic heterocycles. The van der Waals surface area contributed by atoms with Crippen molar-refractivity contribution in [1.82, 2.24) is 0 Å². The van der Waals surface area contributed by atoms with Crippen molar-refractivity contribution in [2.45, 2.75) is 18.6 Å². The summed E-state index contributed by atoms with van der Waals surface area (Å²) in [5.74, 6) is 0. The quantitative estimate of drug-likeness (QED) is 0.432. The second-order valence-corrected chi connectivity index (χ2v) is 2.19. The van der Waals surface area contributed by atoms with Crippen LogP contribution < -0.4 is 5.73 Å². The van der Waals surface area contributed by atoms with Gasteiger partial charge in [-0.2, -0.15) is 0 Å². The van der Waals surface area contributed by atoms with Gasteiger partial charge in [-0.15, -0.1) is 0 Å². The lowest BCUT2D eigenvalue weighted by molar-refractivity contribution is -0.0154. The van der Waals surface area contributed by atoms with Crippen LogP contribution in [0.25, 0.3) is 0 Å². The summed E-state index contributed by atoms with van der Waals surface area (Å²) in [5.41, 5.74) is 5.44. The van der Waals surface area contributed by atoms with E-state index in [0.29, 0.717) is 19.6 Å². The lowest BCUT2D eigenvalue weighted by Crippen LogP contribution is -2.38. The molecule has 1 fully saturated rings. The first-order chi connectivity index (χ1) is 3.79. The number of aliphatic hydroxyl groups excluding tert-OH is 1. The first-order valence-electron chi connectivity index (χ1n) is 2.80. The number of hydrogen-bond acceptors (Lipinski definition) is 3. The molecule has 1 aliphatic heterocycles. The SMILES string of the molecule is N[C@@H]1COC[C@@H](O)C1. The van der Waals surface area contributed by atoms with Gasteiger partial charge in [0.05, 0.1) is 19.3 Å². The molecule has 0 amide bonds. The zero-order valence-electron chi connectivity index (χ0n) is 4.71. The molecule has 3 heteroatoms. The highest BCUT2D eigenvalue weighted by Gasteiger charge is 2.16. The van der Waals surface area contributed by atoms with Gasteiger partial charge in [-0.25, -0.2) is 0 Å². The van der Waals surface area contributed by atoms with Gasteiger partial charge < -0.3 is 15.6 Å². The van der Waals surface area contributed by atoms with Gasteiger partial charge in [-0.1, -0.05) is 0 Å². The fourth-order valence-corrected chi connectivity index (χ4v) is 0.841. The van der Waals surface area contributed by atoms with E-state index in [1.165, 1.54) is 0 Å². The van der Waals surface area contributed by atoms with E-state index in [0.717, 1.165) is 0 Å². The Labute approximate surface area is 48.4 Å². The van der Waals surface area contributed by atoms with Crippen LogP contribution in [0.15, 0.2) is 0 Å². The van der Waals surface area contributed by atoms with E-state index in [2.05, 4.69) is 0 Å². The Balaban J connectivity index is 2.23. The van der Waals surface area contributed by atoms with Crippen LogP contribution in [0.3, 0.4) is 0 Å². The molecular weight excluding hydrogens is 106 g/mol. The molecular formula is C5H11NO2. The molecule has 0 bridgehead atoms. The summed E-state index contributed by atoms with van der Waals surface area (Å²) in [5, 5.41) is 8.87. The normalized spacial score (nSPS) is 39.8. The summed E-state index contributed by atoms with van der Waals surface area (Å²) in [4.78, 5) is 0. The second kappa shape index (κ2) is 2.44. The third kappa shape index (κ3) is 1.43. The maximum atomic E-state index is 8.87. The van der Waals surface area contributed by atoms with Crippen LogP contribution in [0.4, 0.5) is 0 Å². The largest absolute Gasteiger partial charge is 0.391 e. The second-order valence-electron chi connectivity index (χ2n) is 2.19. The Bertz CT molecular complexity index is 68.8. The van der Waals surface area contributed by atoms with Gasteiger partial charge in [0.1, 0.15) is 0 Å². The van der Waals surface area contributed by atoms with Gasteiger partial charge in [0.15, 0.2) is 0 Å². The summed E-state index contributed by atoms with van der Waals surface area (Å²) in [7, 11) is 0. The molecule has 1 saturated heterocycles. The molecule has 8 heavy (non-hydrogen) atoms. The highest BCUT2D eigenvalue weighted by molar-refractivity contribution is 4.70. The zero-order chi connectivity index (χ0) is 5.98. The molecule has 0 saturated carbocycles. The van der Waals surface area contributed by atoms with Crippen molar-refractivity contribution >= 4 is 0 Å². The molecule has 3 N–H and O–H groups in total. The minimum Gasteiger partial charge on any atom is -0.391 e. The van der Waals surface area contributed by atoms with E-state index in [9.17, 15) is 0 Å². The van der Waals surface area contributed by atoms with Crippen molar-refractivity contribution in [3.8, 4) is 0 Å². The predicted octanol–water partition coefficient (Wildman–Crippen LogP) is -0.905. The first-order valence-corrected chi connectivity index (χ1v) is 2.80. The highest BCUT2D eigenvalue weighted by atomic mass is 16.5. The summed E-state index contributed by atoms with van der Waals surface area (Å²) in [6, 6.07) is 0.0405. The molecule has 0 aromatic carbocycles. The summed E-state index contributed by atoms with van der Waals surface area (Å²) in [6.07, 6.45) is 0.346. The van der Waals surface area contributed by atoms with Gasteiger partial charge >= 0.3 is 0 Å². The molecule has 0 radical (unpaired) electrons. The molecule has 48 valence electrons. The van der Waals surface area contributed by atoms with Crippen LogP contribution >= 0.6 is 0 Å². The van der Waals surface area contributed by atoms with Gasteiger partial charge in [0, 0.05) is 6.04 Å².